The van der Waals surface area contributed by atoms with Gasteiger partial charge in [0, 0.05) is 6.42 Å². The number of aliphatic carboxylic acids is 1. The lowest BCUT2D eigenvalue weighted by Crippen LogP contribution is -2.05. The zero-order valence-corrected chi connectivity index (χ0v) is 12.6. The summed E-state index contributed by atoms with van der Waals surface area (Å²) in [5.41, 5.74) is 0. The average Bonchev–Trinajstić information content (AvgIpc) is 2.38. The van der Waals surface area contributed by atoms with Gasteiger partial charge in [-0.15, -0.1) is 0 Å². The van der Waals surface area contributed by atoms with Crippen LogP contribution in [0, 0.1) is 0 Å². The molecule has 0 aliphatic carbocycles. The molecule has 0 aromatic rings. The molecule has 0 aromatic heterocycles. The maximum atomic E-state index is 10.3. The Morgan fingerprint density at radius 3 is 1.84 bits per heavy atom. The first-order chi connectivity index (χ1) is 9.16. The van der Waals surface area contributed by atoms with Crippen molar-refractivity contribution in [3.05, 3.63) is 0 Å². The molecule has 0 bridgehead atoms. The van der Waals surface area contributed by atoms with Gasteiger partial charge in [0.1, 0.15) is 0 Å². The minimum atomic E-state index is -0.679. The minimum Gasteiger partial charge on any atom is -0.481 e. The number of unbranched alkanes of at least 4 members (excludes halogenated alkanes) is 8. The molecule has 0 aliphatic heterocycles. The van der Waals surface area contributed by atoms with Gasteiger partial charge < -0.3 is 10.2 Å². The monoisotopic (exact) mass is 272 g/mol. The highest BCUT2D eigenvalue weighted by atomic mass is 16.4. The second-order valence-electron chi connectivity index (χ2n) is 5.56. The zero-order valence-electron chi connectivity index (χ0n) is 12.6. The van der Waals surface area contributed by atoms with E-state index in [0.29, 0.717) is 6.42 Å². The second-order valence-corrected chi connectivity index (χ2v) is 5.56. The van der Waals surface area contributed by atoms with Crippen LogP contribution in [0.3, 0.4) is 0 Å². The molecule has 1 atom stereocenters. The molecule has 0 fully saturated rings. The van der Waals surface area contributed by atoms with E-state index in [1.54, 1.807) is 0 Å². The number of carboxylic acid groups (broad SMARTS) is 1. The van der Waals surface area contributed by atoms with Crippen molar-refractivity contribution in [3.8, 4) is 0 Å². The first kappa shape index (κ1) is 18.4. The largest absolute Gasteiger partial charge is 0.481 e. The lowest BCUT2D eigenvalue weighted by molar-refractivity contribution is -0.137. The van der Waals surface area contributed by atoms with E-state index >= 15 is 0 Å². The van der Waals surface area contributed by atoms with Crippen molar-refractivity contribution >= 4 is 5.97 Å². The maximum Gasteiger partial charge on any atom is 0.303 e. The number of carboxylic acids is 1. The molecule has 0 rings (SSSR count). The first-order valence-electron chi connectivity index (χ1n) is 8.06. The second kappa shape index (κ2) is 13.9. The van der Waals surface area contributed by atoms with Crippen LogP contribution in [-0.2, 0) is 4.79 Å². The third-order valence-electron chi connectivity index (χ3n) is 3.57. The minimum absolute atomic E-state index is 0.0871. The SMILES string of the molecule is CCCC[C@H](O)CCCCCCCCCCC(=O)O. The van der Waals surface area contributed by atoms with Crippen LogP contribution in [0.4, 0.5) is 0 Å². The summed E-state index contributed by atoms with van der Waals surface area (Å²) in [5.74, 6) is -0.679. The van der Waals surface area contributed by atoms with Gasteiger partial charge in [-0.25, -0.2) is 0 Å². The molecule has 2 N–H and O–H groups in total. The van der Waals surface area contributed by atoms with Crippen LogP contribution in [-0.4, -0.2) is 22.3 Å². The van der Waals surface area contributed by atoms with Gasteiger partial charge in [-0.3, -0.25) is 4.79 Å². The molecular weight excluding hydrogens is 240 g/mol. The Kier molecular flexibility index (Phi) is 13.4. The Labute approximate surface area is 118 Å². The van der Waals surface area contributed by atoms with Crippen LogP contribution in [0.2, 0.25) is 0 Å². The van der Waals surface area contributed by atoms with Crippen LogP contribution >= 0.6 is 0 Å². The number of hydrogen-bond donors (Lipinski definition) is 2. The molecule has 0 unspecified atom stereocenters. The predicted molar refractivity (Wildman–Crippen MR) is 79.3 cm³/mol. The van der Waals surface area contributed by atoms with E-state index in [4.69, 9.17) is 5.11 Å². The standard InChI is InChI=1S/C16H32O3/c1-2-3-12-15(17)13-10-8-6-4-5-7-9-11-14-16(18)19/h15,17H,2-14H2,1H3,(H,18,19)/t15-/m0/s1. The summed E-state index contributed by atoms with van der Waals surface area (Å²) in [6, 6.07) is 0. The van der Waals surface area contributed by atoms with Crippen molar-refractivity contribution in [2.75, 3.05) is 0 Å². The molecule has 3 heteroatoms. The van der Waals surface area contributed by atoms with Gasteiger partial charge in [0.05, 0.1) is 6.10 Å². The summed E-state index contributed by atoms with van der Waals surface area (Å²) < 4.78 is 0. The van der Waals surface area contributed by atoms with Crippen molar-refractivity contribution in [3.63, 3.8) is 0 Å². The fourth-order valence-electron chi connectivity index (χ4n) is 2.30. The summed E-state index contributed by atoms with van der Waals surface area (Å²) in [5, 5.41) is 18.2. The topological polar surface area (TPSA) is 57.5 Å². The lowest BCUT2D eigenvalue weighted by atomic mass is 10.0. The van der Waals surface area contributed by atoms with Crippen molar-refractivity contribution in [1.29, 1.82) is 0 Å². The van der Waals surface area contributed by atoms with E-state index in [2.05, 4.69) is 6.92 Å². The van der Waals surface area contributed by atoms with Gasteiger partial charge in [0.15, 0.2) is 0 Å². The van der Waals surface area contributed by atoms with Gasteiger partial charge >= 0.3 is 5.97 Å². The highest BCUT2D eigenvalue weighted by Crippen LogP contribution is 2.13. The van der Waals surface area contributed by atoms with E-state index < -0.39 is 5.97 Å². The Balaban J connectivity index is 3.08. The van der Waals surface area contributed by atoms with Crippen molar-refractivity contribution in [1.82, 2.24) is 0 Å². The molecule has 0 aliphatic rings. The summed E-state index contributed by atoms with van der Waals surface area (Å²) >= 11 is 0. The molecular formula is C16H32O3. The van der Waals surface area contributed by atoms with Gasteiger partial charge in [-0.05, 0) is 19.3 Å². The van der Waals surface area contributed by atoms with E-state index in [1.807, 2.05) is 0 Å². The molecule has 0 saturated carbocycles. The van der Waals surface area contributed by atoms with Crippen molar-refractivity contribution in [2.24, 2.45) is 0 Å². The predicted octanol–water partition coefficient (Wildman–Crippen LogP) is 4.52. The van der Waals surface area contributed by atoms with Crippen molar-refractivity contribution in [2.45, 2.75) is 96.5 Å². The smallest absolute Gasteiger partial charge is 0.303 e. The Bertz CT molecular complexity index is 204. The molecule has 0 aromatic carbocycles. The van der Waals surface area contributed by atoms with E-state index in [1.165, 1.54) is 32.1 Å². The third kappa shape index (κ3) is 15.4. The van der Waals surface area contributed by atoms with Crippen LogP contribution in [0.5, 0.6) is 0 Å². The van der Waals surface area contributed by atoms with Gasteiger partial charge in [-0.1, -0.05) is 64.7 Å². The fraction of sp³-hybridized carbons (Fsp3) is 0.938. The molecule has 0 radical (unpaired) electrons. The molecule has 0 heterocycles. The third-order valence-corrected chi connectivity index (χ3v) is 3.57. The molecule has 0 spiro atoms. The number of carbonyl (C=O) groups is 1. The number of rotatable bonds is 14. The summed E-state index contributed by atoms with van der Waals surface area (Å²) in [7, 11) is 0. The van der Waals surface area contributed by atoms with Crippen molar-refractivity contribution < 1.29 is 15.0 Å². The molecule has 3 nitrogen and oxygen atoms in total. The van der Waals surface area contributed by atoms with Gasteiger partial charge in [0.2, 0.25) is 0 Å². The van der Waals surface area contributed by atoms with E-state index in [9.17, 15) is 9.90 Å². The normalized spacial score (nSPS) is 12.5. The van der Waals surface area contributed by atoms with Crippen LogP contribution < -0.4 is 0 Å². The number of hydrogen-bond acceptors (Lipinski definition) is 2. The molecule has 114 valence electrons. The fourth-order valence-corrected chi connectivity index (χ4v) is 2.30. The van der Waals surface area contributed by atoms with E-state index in [0.717, 1.165) is 44.9 Å². The number of aliphatic hydroxyl groups is 1. The van der Waals surface area contributed by atoms with Gasteiger partial charge in [0.25, 0.3) is 0 Å². The number of aliphatic hydroxyl groups excluding tert-OH is 1. The quantitative estimate of drug-likeness (QED) is 0.457. The Morgan fingerprint density at radius 1 is 0.842 bits per heavy atom. The van der Waals surface area contributed by atoms with Crippen LogP contribution in [0.25, 0.3) is 0 Å². The Hall–Kier alpha value is -0.570. The first-order valence-corrected chi connectivity index (χ1v) is 8.06. The molecule has 0 saturated heterocycles. The lowest BCUT2D eigenvalue weighted by Gasteiger charge is -2.09. The highest BCUT2D eigenvalue weighted by Gasteiger charge is 2.02. The molecule has 19 heavy (non-hydrogen) atoms. The Morgan fingerprint density at radius 2 is 1.32 bits per heavy atom. The summed E-state index contributed by atoms with van der Waals surface area (Å²) in [4.78, 5) is 10.3. The maximum absolute atomic E-state index is 10.3. The highest BCUT2D eigenvalue weighted by molar-refractivity contribution is 5.66. The van der Waals surface area contributed by atoms with Gasteiger partial charge in [-0.2, -0.15) is 0 Å². The van der Waals surface area contributed by atoms with E-state index in [-0.39, 0.29) is 6.10 Å². The summed E-state index contributed by atoms with van der Waals surface area (Å²) in [6.07, 6.45) is 13.5. The summed E-state index contributed by atoms with van der Waals surface area (Å²) in [6.45, 7) is 2.16. The zero-order chi connectivity index (χ0) is 14.3. The average molecular weight is 272 g/mol. The van der Waals surface area contributed by atoms with Crippen LogP contribution in [0.15, 0.2) is 0 Å². The molecule has 0 amide bonds. The van der Waals surface area contributed by atoms with Crippen LogP contribution in [0.1, 0.15) is 90.4 Å².